The first-order valence-electron chi connectivity index (χ1n) is 9.15. The largest absolute Gasteiger partial charge is 0.368 e. The van der Waals surface area contributed by atoms with Gasteiger partial charge in [-0.3, -0.25) is 19.4 Å². The number of nitrogens with zero attached hydrogens (tertiary/aromatic N) is 2. The van der Waals surface area contributed by atoms with Gasteiger partial charge in [0, 0.05) is 16.2 Å². The van der Waals surface area contributed by atoms with Gasteiger partial charge in [-0.2, -0.15) is 0 Å². The van der Waals surface area contributed by atoms with Crippen LogP contribution >= 0.6 is 66.9 Å². The van der Waals surface area contributed by atoms with E-state index in [1.165, 1.54) is 6.20 Å². The van der Waals surface area contributed by atoms with Gasteiger partial charge in [0.2, 0.25) is 17.6 Å². The van der Waals surface area contributed by atoms with Crippen LogP contribution in [0.5, 0.6) is 0 Å². The van der Waals surface area contributed by atoms with E-state index in [4.69, 9.17) is 17.2 Å². The molecule has 2 aromatic rings. The summed E-state index contributed by atoms with van der Waals surface area (Å²) in [6, 6.07) is 8.94. The molecule has 1 atom stereocenters. The number of primary amides is 1. The summed E-state index contributed by atoms with van der Waals surface area (Å²) in [5.41, 5.74) is 17.6. The monoisotopic (exact) mass is 701 g/mol. The van der Waals surface area contributed by atoms with Crippen LogP contribution in [0.3, 0.4) is 0 Å². The summed E-state index contributed by atoms with van der Waals surface area (Å²) in [5.74, 6) is -1.59. The van der Waals surface area contributed by atoms with Crippen molar-refractivity contribution in [1.29, 1.82) is 0 Å². The Morgan fingerprint density at radius 2 is 1.75 bits per heavy atom. The molecule has 1 aromatic heterocycles. The number of unbranched alkanes of at least 4 members (excludes halogenated alkanes) is 1. The lowest BCUT2D eigenvalue weighted by atomic mass is 10.0. The molecule has 178 valence electrons. The molecular formula is C20H27Br4N5O3. The summed E-state index contributed by atoms with van der Waals surface area (Å²) in [6.45, 7) is 0.106. The Balaban J connectivity index is 0. The van der Waals surface area contributed by atoms with Crippen LogP contribution in [0.15, 0.2) is 47.1 Å². The minimum absolute atomic E-state index is 0. The number of rotatable bonds is 10. The van der Waals surface area contributed by atoms with Crippen molar-refractivity contribution < 1.29 is 14.4 Å². The minimum Gasteiger partial charge on any atom is -0.368 e. The van der Waals surface area contributed by atoms with E-state index in [-0.39, 0.29) is 73.7 Å². The maximum absolute atomic E-state index is 13.0. The highest BCUT2D eigenvalue weighted by atomic mass is 79.9. The fourth-order valence-corrected chi connectivity index (χ4v) is 3.19. The molecule has 0 aliphatic heterocycles. The van der Waals surface area contributed by atoms with Gasteiger partial charge in [-0.05, 0) is 49.7 Å². The Bertz CT molecular complexity index is 887. The van der Waals surface area contributed by atoms with Crippen molar-refractivity contribution in [2.75, 3.05) is 18.0 Å². The molecular weight excluding hydrogens is 678 g/mol. The van der Waals surface area contributed by atoms with E-state index in [0.29, 0.717) is 23.9 Å². The molecule has 1 heterocycles. The number of aromatic nitrogens is 1. The van der Waals surface area contributed by atoms with Gasteiger partial charge in [0.05, 0.1) is 11.7 Å². The third-order valence-electron chi connectivity index (χ3n) is 4.26. The Kier molecular flexibility index (Phi) is 16.9. The van der Waals surface area contributed by atoms with Crippen LogP contribution < -0.4 is 22.1 Å². The molecule has 0 radical (unpaired) electrons. The van der Waals surface area contributed by atoms with Crippen molar-refractivity contribution in [3.05, 3.63) is 58.3 Å². The second-order valence-corrected chi connectivity index (χ2v) is 7.40. The van der Waals surface area contributed by atoms with Crippen molar-refractivity contribution in [3.63, 3.8) is 0 Å². The second-order valence-electron chi connectivity index (χ2n) is 6.49. The van der Waals surface area contributed by atoms with E-state index < -0.39 is 24.4 Å². The molecule has 32 heavy (non-hydrogen) atoms. The molecule has 0 spiro atoms. The van der Waals surface area contributed by atoms with Gasteiger partial charge in [-0.15, -0.1) is 50.9 Å². The first kappa shape index (κ1) is 33.0. The normalized spacial score (nSPS) is 10.6. The van der Waals surface area contributed by atoms with Gasteiger partial charge < -0.3 is 22.1 Å². The number of hydrogen-bond acceptors (Lipinski definition) is 6. The quantitative estimate of drug-likeness (QED) is 0.256. The number of pyridine rings is 1. The number of anilines is 1. The highest BCUT2D eigenvalue weighted by molar-refractivity contribution is 9.10. The van der Waals surface area contributed by atoms with Crippen molar-refractivity contribution in [2.24, 2.45) is 17.2 Å². The highest BCUT2D eigenvalue weighted by Crippen LogP contribution is 2.27. The fraction of sp³-hybridized carbons (Fsp3) is 0.300. The predicted molar refractivity (Wildman–Crippen MR) is 145 cm³/mol. The molecule has 1 aromatic carbocycles. The van der Waals surface area contributed by atoms with E-state index in [0.717, 1.165) is 11.3 Å². The Labute approximate surface area is 227 Å². The molecule has 6 N–H and O–H groups in total. The second kappa shape index (κ2) is 16.4. The van der Waals surface area contributed by atoms with Gasteiger partial charge in [-0.1, -0.05) is 28.4 Å². The van der Waals surface area contributed by atoms with E-state index in [2.05, 4.69) is 20.9 Å². The standard InChI is InChI=1S/C20H24BrN5O3.3BrH/c21-13-7-8-17(14(11-13)19(28)16-6-2-4-10-25-16)26(12-18(24)27)20(29)15(23)5-1-3-9-22;;;/h2,4,6-8,10-11,15H,1,3,5,9,12,22-23H2,(H2,24,27);3*1H/t15-;;;/m0.../s1. The summed E-state index contributed by atoms with van der Waals surface area (Å²) in [5, 5.41) is 0. The number of ketones is 1. The molecule has 2 rings (SSSR count). The highest BCUT2D eigenvalue weighted by Gasteiger charge is 2.28. The van der Waals surface area contributed by atoms with E-state index >= 15 is 0 Å². The average Bonchev–Trinajstić information content (AvgIpc) is 2.71. The van der Waals surface area contributed by atoms with Crippen molar-refractivity contribution in [1.82, 2.24) is 4.98 Å². The smallest absolute Gasteiger partial charge is 0.244 e. The summed E-state index contributed by atoms with van der Waals surface area (Å²) in [6.07, 6.45) is 3.32. The molecule has 0 aliphatic rings. The average molecular weight is 705 g/mol. The fourth-order valence-electron chi connectivity index (χ4n) is 2.83. The number of carbonyl (C=O) groups excluding carboxylic acids is 3. The third kappa shape index (κ3) is 9.36. The van der Waals surface area contributed by atoms with Crippen LogP contribution in [-0.2, 0) is 9.59 Å². The lowest BCUT2D eigenvalue weighted by Crippen LogP contribution is -2.47. The topological polar surface area (TPSA) is 145 Å². The van der Waals surface area contributed by atoms with Gasteiger partial charge in [0.1, 0.15) is 12.2 Å². The van der Waals surface area contributed by atoms with Crippen molar-refractivity contribution in [2.45, 2.75) is 25.3 Å². The van der Waals surface area contributed by atoms with E-state index in [1.54, 1.807) is 36.4 Å². The molecule has 0 saturated carbocycles. The van der Waals surface area contributed by atoms with Gasteiger partial charge in [0.25, 0.3) is 0 Å². The molecule has 2 amide bonds. The maximum Gasteiger partial charge on any atom is 0.244 e. The maximum atomic E-state index is 13.0. The molecule has 12 heteroatoms. The zero-order chi connectivity index (χ0) is 21.4. The van der Waals surface area contributed by atoms with Gasteiger partial charge in [0.15, 0.2) is 0 Å². The lowest BCUT2D eigenvalue weighted by Gasteiger charge is -2.26. The van der Waals surface area contributed by atoms with Gasteiger partial charge >= 0.3 is 0 Å². The van der Waals surface area contributed by atoms with Crippen LogP contribution in [0.25, 0.3) is 0 Å². The summed E-state index contributed by atoms with van der Waals surface area (Å²) < 4.78 is 0.638. The SMILES string of the molecule is Br.Br.Br.NCCCC[C@H](N)C(=O)N(CC(N)=O)c1ccc(Br)cc1C(=O)c1ccccn1. The van der Waals surface area contributed by atoms with Gasteiger partial charge in [-0.25, -0.2) is 0 Å². The first-order valence-corrected chi connectivity index (χ1v) is 9.95. The van der Waals surface area contributed by atoms with Crippen LogP contribution in [0, 0.1) is 0 Å². The van der Waals surface area contributed by atoms with Crippen LogP contribution in [0.2, 0.25) is 0 Å². The minimum atomic E-state index is -0.845. The van der Waals surface area contributed by atoms with E-state index in [1.807, 2.05) is 0 Å². The predicted octanol–water partition coefficient (Wildman–Crippen LogP) is 3.08. The lowest BCUT2D eigenvalue weighted by molar-refractivity contribution is -0.123. The number of benzene rings is 1. The molecule has 0 bridgehead atoms. The van der Waals surface area contributed by atoms with Crippen LogP contribution in [-0.4, -0.2) is 41.7 Å². The summed E-state index contributed by atoms with van der Waals surface area (Å²) >= 11 is 3.34. The molecule has 0 fully saturated rings. The van der Waals surface area contributed by atoms with Crippen LogP contribution in [0.1, 0.15) is 35.3 Å². The molecule has 0 saturated heterocycles. The van der Waals surface area contributed by atoms with Crippen molar-refractivity contribution >= 4 is 90.2 Å². The molecule has 0 aliphatic carbocycles. The number of amides is 2. The zero-order valence-electron chi connectivity index (χ0n) is 17.1. The molecule has 8 nitrogen and oxygen atoms in total. The number of halogens is 4. The first-order chi connectivity index (χ1) is 13.8. The number of nitrogens with two attached hydrogens (primary N) is 3. The summed E-state index contributed by atoms with van der Waals surface area (Å²) in [7, 11) is 0. The molecule has 0 unspecified atom stereocenters. The van der Waals surface area contributed by atoms with Crippen LogP contribution in [0.4, 0.5) is 5.69 Å². The van der Waals surface area contributed by atoms with E-state index in [9.17, 15) is 14.4 Å². The number of carbonyl (C=O) groups is 3. The summed E-state index contributed by atoms with van der Waals surface area (Å²) in [4.78, 5) is 42.9. The Hall–Kier alpha value is -1.18. The third-order valence-corrected chi connectivity index (χ3v) is 4.75. The zero-order valence-corrected chi connectivity index (χ0v) is 23.8. The Morgan fingerprint density at radius 3 is 2.31 bits per heavy atom. The Morgan fingerprint density at radius 1 is 1.06 bits per heavy atom. The number of hydrogen-bond donors (Lipinski definition) is 3. The van der Waals surface area contributed by atoms with Crippen molar-refractivity contribution in [3.8, 4) is 0 Å².